The van der Waals surface area contributed by atoms with Gasteiger partial charge in [0.05, 0.1) is 12.9 Å². The first-order chi connectivity index (χ1) is 6.63. The van der Waals surface area contributed by atoms with Gasteiger partial charge in [-0.2, -0.15) is 0 Å². The molecule has 0 unspecified atom stereocenters. The van der Waals surface area contributed by atoms with Crippen LogP contribution in [-0.4, -0.2) is 18.8 Å². The number of aryl methyl sites for hydroxylation is 1. The van der Waals surface area contributed by atoms with Crippen molar-refractivity contribution in [1.82, 2.24) is 0 Å². The van der Waals surface area contributed by atoms with Gasteiger partial charge < -0.3 is 4.74 Å². The van der Waals surface area contributed by atoms with Gasteiger partial charge in [0.1, 0.15) is 0 Å². The minimum absolute atomic E-state index is 0.230. The fraction of sp³-hybridized carbons (Fsp3) is 0.300. The number of methoxy groups -OCH3 is 1. The molecular weight excluding hydrogens is 220 g/mol. The lowest BCUT2D eigenvalue weighted by atomic mass is 10.2. The monoisotopic (exact) mass is 230 g/mol. The molecule has 0 aromatic heterocycles. The summed E-state index contributed by atoms with van der Waals surface area (Å²) < 4.78 is 4.53. The zero-order chi connectivity index (χ0) is 10.6. The van der Waals surface area contributed by atoms with Crippen LogP contribution in [0.2, 0.25) is 5.02 Å². The normalized spacial score (nSPS) is 9.93. The zero-order valence-corrected chi connectivity index (χ0v) is 9.61. The van der Waals surface area contributed by atoms with Gasteiger partial charge in [-0.1, -0.05) is 17.7 Å². The third kappa shape index (κ3) is 3.24. The predicted octanol–water partition coefficient (Wildman–Crippen LogP) is 2.91. The molecule has 0 saturated heterocycles. The Balaban J connectivity index is 2.60. The lowest BCUT2D eigenvalue weighted by Crippen LogP contribution is -2.02. The first-order valence-corrected chi connectivity index (χ1v) is 5.45. The van der Waals surface area contributed by atoms with Crippen molar-refractivity contribution in [2.24, 2.45) is 0 Å². The minimum atomic E-state index is -0.230. The highest BCUT2D eigenvalue weighted by atomic mass is 35.5. The second-order valence-corrected chi connectivity index (χ2v) is 4.23. The Morgan fingerprint density at radius 2 is 2.29 bits per heavy atom. The van der Waals surface area contributed by atoms with Crippen LogP contribution in [0.25, 0.3) is 0 Å². The van der Waals surface area contributed by atoms with Crippen molar-refractivity contribution in [3.05, 3.63) is 28.8 Å². The van der Waals surface area contributed by atoms with E-state index < -0.39 is 0 Å². The quantitative estimate of drug-likeness (QED) is 0.590. The molecule has 0 heterocycles. The molecule has 0 spiro atoms. The van der Waals surface area contributed by atoms with E-state index in [0.717, 1.165) is 15.5 Å². The third-order valence-electron chi connectivity index (χ3n) is 1.73. The topological polar surface area (TPSA) is 26.3 Å². The van der Waals surface area contributed by atoms with E-state index in [1.807, 2.05) is 25.1 Å². The molecule has 4 heteroatoms. The molecule has 0 aliphatic heterocycles. The number of halogens is 1. The fourth-order valence-corrected chi connectivity index (χ4v) is 1.88. The molecule has 0 radical (unpaired) electrons. The number of carbonyl (C=O) groups excluding carboxylic acids is 1. The first kappa shape index (κ1) is 11.4. The van der Waals surface area contributed by atoms with E-state index in [9.17, 15) is 4.79 Å². The molecule has 0 amide bonds. The number of hydrogen-bond acceptors (Lipinski definition) is 3. The van der Waals surface area contributed by atoms with Gasteiger partial charge in [-0.25, -0.2) is 0 Å². The van der Waals surface area contributed by atoms with E-state index in [2.05, 4.69) is 4.74 Å². The van der Waals surface area contributed by atoms with Crippen molar-refractivity contribution in [3.63, 3.8) is 0 Å². The van der Waals surface area contributed by atoms with Crippen molar-refractivity contribution >= 4 is 29.3 Å². The summed E-state index contributed by atoms with van der Waals surface area (Å²) in [4.78, 5) is 11.8. The second-order valence-electron chi connectivity index (χ2n) is 2.78. The van der Waals surface area contributed by atoms with E-state index in [1.54, 1.807) is 0 Å². The Morgan fingerprint density at radius 3 is 2.86 bits per heavy atom. The van der Waals surface area contributed by atoms with Crippen molar-refractivity contribution in [2.75, 3.05) is 12.9 Å². The molecule has 76 valence electrons. The van der Waals surface area contributed by atoms with Crippen LogP contribution in [0.5, 0.6) is 0 Å². The molecule has 1 aromatic rings. The summed E-state index contributed by atoms with van der Waals surface area (Å²) in [6.45, 7) is 1.94. The second kappa shape index (κ2) is 5.27. The number of thioether (sulfide) groups is 1. The van der Waals surface area contributed by atoms with Gasteiger partial charge >= 0.3 is 5.97 Å². The molecule has 2 nitrogen and oxygen atoms in total. The van der Waals surface area contributed by atoms with Crippen LogP contribution in [0.1, 0.15) is 5.56 Å². The number of benzene rings is 1. The van der Waals surface area contributed by atoms with Crippen LogP contribution in [0, 0.1) is 6.92 Å². The molecule has 1 aromatic carbocycles. The molecule has 0 bridgehead atoms. The summed E-state index contributed by atoms with van der Waals surface area (Å²) >= 11 is 7.35. The summed E-state index contributed by atoms with van der Waals surface area (Å²) in [7, 11) is 1.38. The number of carbonyl (C=O) groups is 1. The maximum absolute atomic E-state index is 10.9. The van der Waals surface area contributed by atoms with Gasteiger partial charge in [-0.3, -0.25) is 4.79 Å². The minimum Gasteiger partial charge on any atom is -0.468 e. The third-order valence-corrected chi connectivity index (χ3v) is 3.10. The predicted molar refractivity (Wildman–Crippen MR) is 58.9 cm³/mol. The molecule has 0 atom stereocenters. The summed E-state index contributed by atoms with van der Waals surface area (Å²) in [5, 5.41) is 0.722. The van der Waals surface area contributed by atoms with Gasteiger partial charge in [0, 0.05) is 9.92 Å². The van der Waals surface area contributed by atoms with E-state index in [4.69, 9.17) is 11.6 Å². The molecule has 14 heavy (non-hydrogen) atoms. The van der Waals surface area contributed by atoms with E-state index >= 15 is 0 Å². The van der Waals surface area contributed by atoms with Crippen molar-refractivity contribution in [3.8, 4) is 0 Å². The van der Waals surface area contributed by atoms with E-state index in [1.165, 1.54) is 18.9 Å². The Hall–Kier alpha value is -0.670. The summed E-state index contributed by atoms with van der Waals surface area (Å²) in [6.07, 6.45) is 0. The largest absolute Gasteiger partial charge is 0.468 e. The summed E-state index contributed by atoms with van der Waals surface area (Å²) in [6, 6.07) is 5.72. The average molecular weight is 231 g/mol. The maximum Gasteiger partial charge on any atom is 0.315 e. The van der Waals surface area contributed by atoms with E-state index in [0.29, 0.717) is 5.75 Å². The van der Waals surface area contributed by atoms with Crippen LogP contribution >= 0.6 is 23.4 Å². The number of esters is 1. The molecule has 0 aliphatic rings. The zero-order valence-electron chi connectivity index (χ0n) is 8.04. The molecule has 0 fully saturated rings. The fourth-order valence-electron chi connectivity index (χ4n) is 0.865. The summed E-state index contributed by atoms with van der Waals surface area (Å²) in [5.74, 6) is 0.0855. The Labute approximate surface area is 92.6 Å². The van der Waals surface area contributed by atoms with Crippen molar-refractivity contribution < 1.29 is 9.53 Å². The highest BCUT2D eigenvalue weighted by Gasteiger charge is 2.03. The van der Waals surface area contributed by atoms with Crippen LogP contribution in [-0.2, 0) is 9.53 Å². The highest BCUT2D eigenvalue weighted by molar-refractivity contribution is 8.00. The van der Waals surface area contributed by atoms with Crippen LogP contribution in [0.4, 0.5) is 0 Å². The number of hydrogen-bond donors (Lipinski definition) is 0. The summed E-state index contributed by atoms with van der Waals surface area (Å²) in [5.41, 5.74) is 1.04. The van der Waals surface area contributed by atoms with Crippen molar-refractivity contribution in [2.45, 2.75) is 11.8 Å². The Bertz CT molecular complexity index is 339. The smallest absolute Gasteiger partial charge is 0.315 e. The van der Waals surface area contributed by atoms with Crippen LogP contribution < -0.4 is 0 Å². The molecular formula is C10H11ClO2S. The number of rotatable bonds is 3. The lowest BCUT2D eigenvalue weighted by Gasteiger charge is -2.02. The molecule has 0 saturated carbocycles. The SMILES string of the molecule is COC(=O)CSc1ccc(C)c(Cl)c1. The Morgan fingerprint density at radius 1 is 1.57 bits per heavy atom. The van der Waals surface area contributed by atoms with Crippen molar-refractivity contribution in [1.29, 1.82) is 0 Å². The van der Waals surface area contributed by atoms with Gasteiger partial charge in [0.2, 0.25) is 0 Å². The first-order valence-electron chi connectivity index (χ1n) is 4.09. The Kier molecular flexibility index (Phi) is 4.29. The van der Waals surface area contributed by atoms with Gasteiger partial charge in [0.25, 0.3) is 0 Å². The van der Waals surface area contributed by atoms with Gasteiger partial charge in [-0.15, -0.1) is 11.8 Å². The maximum atomic E-state index is 10.9. The number of ether oxygens (including phenoxy) is 1. The average Bonchev–Trinajstić information content (AvgIpc) is 2.19. The van der Waals surface area contributed by atoms with E-state index in [-0.39, 0.29) is 5.97 Å². The van der Waals surface area contributed by atoms with Gasteiger partial charge in [-0.05, 0) is 24.6 Å². The molecule has 1 rings (SSSR count). The van der Waals surface area contributed by atoms with Crippen LogP contribution in [0.15, 0.2) is 23.1 Å². The molecule has 0 aliphatic carbocycles. The van der Waals surface area contributed by atoms with Crippen LogP contribution in [0.3, 0.4) is 0 Å². The highest BCUT2D eigenvalue weighted by Crippen LogP contribution is 2.24. The standard InChI is InChI=1S/C10H11ClO2S/c1-7-3-4-8(5-9(7)11)14-6-10(12)13-2/h3-5H,6H2,1-2H3. The molecule has 0 N–H and O–H groups in total. The lowest BCUT2D eigenvalue weighted by molar-refractivity contribution is -0.137. The van der Waals surface area contributed by atoms with Gasteiger partial charge in [0.15, 0.2) is 0 Å².